The second-order valence-electron chi connectivity index (χ2n) is 6.10. The molecular formula is C20H21N3O4. The van der Waals surface area contributed by atoms with Gasteiger partial charge in [-0.2, -0.15) is 0 Å². The third kappa shape index (κ3) is 3.76. The number of nitrogens with zero attached hydrogens (tertiary/aromatic N) is 3. The van der Waals surface area contributed by atoms with E-state index in [0.29, 0.717) is 17.3 Å². The van der Waals surface area contributed by atoms with E-state index in [0.717, 1.165) is 22.4 Å². The van der Waals surface area contributed by atoms with Crippen LogP contribution >= 0.6 is 0 Å². The van der Waals surface area contributed by atoms with Gasteiger partial charge in [-0.05, 0) is 38.1 Å². The molecule has 7 nitrogen and oxygen atoms in total. The van der Waals surface area contributed by atoms with Crippen molar-refractivity contribution < 1.29 is 19.4 Å². The van der Waals surface area contributed by atoms with Crippen molar-refractivity contribution in [2.24, 2.45) is 0 Å². The number of para-hydroxylation sites is 1. The van der Waals surface area contributed by atoms with Crippen molar-refractivity contribution in [3.8, 4) is 11.5 Å². The first-order chi connectivity index (χ1) is 12.9. The number of hydrogen-bond donors (Lipinski definition) is 1. The number of aryl methyl sites for hydroxylation is 1. The largest absolute Gasteiger partial charge is 0.493 e. The number of carboxylic acid groups (broad SMARTS) is 1. The molecule has 3 aromatic rings. The van der Waals surface area contributed by atoms with Gasteiger partial charge in [0, 0.05) is 24.2 Å². The van der Waals surface area contributed by atoms with Gasteiger partial charge in [0.2, 0.25) is 0 Å². The monoisotopic (exact) mass is 367 g/mol. The fraction of sp³-hybridized carbons (Fsp3) is 0.250. The number of ether oxygens (including phenoxy) is 2. The predicted octanol–water partition coefficient (Wildman–Crippen LogP) is 3.57. The van der Waals surface area contributed by atoms with Gasteiger partial charge in [-0.25, -0.2) is 14.8 Å². The van der Waals surface area contributed by atoms with E-state index in [1.807, 2.05) is 49.2 Å². The van der Waals surface area contributed by atoms with E-state index >= 15 is 0 Å². The molecule has 0 aliphatic heterocycles. The average molecular weight is 367 g/mol. The molecule has 0 fully saturated rings. The molecule has 0 saturated carbocycles. The number of carboxylic acids is 1. The zero-order valence-corrected chi connectivity index (χ0v) is 15.6. The number of aromatic nitrogens is 2. The van der Waals surface area contributed by atoms with Crippen LogP contribution in [0.5, 0.6) is 11.5 Å². The average Bonchev–Trinajstić information content (AvgIpc) is 2.66. The van der Waals surface area contributed by atoms with Crippen molar-refractivity contribution in [1.82, 2.24) is 9.97 Å². The minimum atomic E-state index is -1.05. The highest BCUT2D eigenvalue weighted by Crippen LogP contribution is 2.35. The zero-order valence-electron chi connectivity index (χ0n) is 15.6. The lowest BCUT2D eigenvalue weighted by Crippen LogP contribution is -2.23. The van der Waals surface area contributed by atoms with Crippen LogP contribution in [0.2, 0.25) is 0 Å². The van der Waals surface area contributed by atoms with Crippen molar-refractivity contribution in [3.05, 3.63) is 48.3 Å². The minimum absolute atomic E-state index is 0.354. The first kappa shape index (κ1) is 18.4. The van der Waals surface area contributed by atoms with Gasteiger partial charge in [0.1, 0.15) is 11.6 Å². The lowest BCUT2D eigenvalue weighted by Gasteiger charge is -2.22. The third-order valence-corrected chi connectivity index (χ3v) is 4.20. The lowest BCUT2D eigenvalue weighted by atomic mass is 10.2. The zero-order chi connectivity index (χ0) is 19.6. The minimum Gasteiger partial charge on any atom is -0.493 e. The molecule has 1 heterocycles. The predicted molar refractivity (Wildman–Crippen MR) is 103 cm³/mol. The molecule has 140 valence electrons. The summed E-state index contributed by atoms with van der Waals surface area (Å²) >= 11 is 0. The van der Waals surface area contributed by atoms with E-state index in [4.69, 9.17) is 14.6 Å². The molecule has 1 atom stereocenters. The summed E-state index contributed by atoms with van der Waals surface area (Å²) in [5.74, 6) is 1.18. The van der Waals surface area contributed by atoms with Crippen LogP contribution in [0.3, 0.4) is 0 Å². The molecule has 7 heteroatoms. The standard InChI is InChI=1S/C20H21N3O4/c1-12(20(24)25)27-18-11-14(9-10-17(18)26-4)23(3)19-15-7-5-6-8-16(15)21-13(2)22-19/h5-12H,1-4H3,(H,24,25). The highest BCUT2D eigenvalue weighted by Gasteiger charge is 2.18. The summed E-state index contributed by atoms with van der Waals surface area (Å²) in [4.78, 5) is 22.1. The van der Waals surface area contributed by atoms with Crippen LogP contribution in [0.4, 0.5) is 11.5 Å². The Balaban J connectivity index is 2.05. The van der Waals surface area contributed by atoms with Crippen LogP contribution < -0.4 is 14.4 Å². The van der Waals surface area contributed by atoms with Crippen molar-refractivity contribution in [1.29, 1.82) is 0 Å². The number of methoxy groups -OCH3 is 1. The molecule has 0 amide bonds. The Hall–Kier alpha value is -3.35. The van der Waals surface area contributed by atoms with Crippen molar-refractivity contribution in [2.45, 2.75) is 20.0 Å². The quantitative estimate of drug-likeness (QED) is 0.713. The number of anilines is 2. The molecule has 1 aromatic heterocycles. The third-order valence-electron chi connectivity index (χ3n) is 4.20. The highest BCUT2D eigenvalue weighted by molar-refractivity contribution is 5.91. The first-order valence-electron chi connectivity index (χ1n) is 8.45. The molecule has 3 rings (SSSR count). The van der Waals surface area contributed by atoms with Gasteiger partial charge in [-0.1, -0.05) is 12.1 Å². The van der Waals surface area contributed by atoms with Gasteiger partial charge < -0.3 is 19.5 Å². The summed E-state index contributed by atoms with van der Waals surface area (Å²) in [5, 5.41) is 10.0. The number of carbonyl (C=O) groups is 1. The maximum Gasteiger partial charge on any atom is 0.344 e. The Morgan fingerprint density at radius 2 is 1.89 bits per heavy atom. The Labute approximate surface area is 157 Å². The summed E-state index contributed by atoms with van der Waals surface area (Å²) in [6, 6.07) is 13.1. The summed E-state index contributed by atoms with van der Waals surface area (Å²) in [6.45, 7) is 3.32. The van der Waals surface area contributed by atoms with Crippen LogP contribution in [0.1, 0.15) is 12.7 Å². The maximum atomic E-state index is 11.1. The molecule has 27 heavy (non-hydrogen) atoms. The number of fused-ring (bicyclic) bond motifs is 1. The van der Waals surface area contributed by atoms with Crippen LogP contribution in [-0.4, -0.2) is 41.3 Å². The van der Waals surface area contributed by atoms with Gasteiger partial charge in [0.15, 0.2) is 17.6 Å². The summed E-state index contributed by atoms with van der Waals surface area (Å²) in [6.07, 6.45) is -0.999. The highest BCUT2D eigenvalue weighted by atomic mass is 16.5. The second-order valence-corrected chi connectivity index (χ2v) is 6.10. The molecule has 1 unspecified atom stereocenters. The summed E-state index contributed by atoms with van der Waals surface area (Å²) in [7, 11) is 3.40. The molecular weight excluding hydrogens is 346 g/mol. The van der Waals surface area contributed by atoms with E-state index < -0.39 is 12.1 Å². The van der Waals surface area contributed by atoms with Crippen LogP contribution in [0.25, 0.3) is 10.9 Å². The van der Waals surface area contributed by atoms with Crippen molar-refractivity contribution >= 4 is 28.4 Å². The maximum absolute atomic E-state index is 11.1. The molecule has 0 aliphatic rings. The van der Waals surface area contributed by atoms with E-state index in [2.05, 4.69) is 9.97 Å². The Kier molecular flexibility index (Phi) is 5.12. The Morgan fingerprint density at radius 1 is 1.15 bits per heavy atom. The van der Waals surface area contributed by atoms with Gasteiger partial charge >= 0.3 is 5.97 Å². The van der Waals surface area contributed by atoms with Crippen LogP contribution in [-0.2, 0) is 4.79 Å². The van der Waals surface area contributed by atoms with Crippen LogP contribution in [0, 0.1) is 6.92 Å². The second kappa shape index (κ2) is 7.49. The van der Waals surface area contributed by atoms with Crippen LogP contribution in [0.15, 0.2) is 42.5 Å². The van der Waals surface area contributed by atoms with E-state index in [1.165, 1.54) is 14.0 Å². The number of aliphatic carboxylic acids is 1. The molecule has 0 bridgehead atoms. The first-order valence-corrected chi connectivity index (χ1v) is 8.45. The lowest BCUT2D eigenvalue weighted by molar-refractivity contribution is -0.144. The van der Waals surface area contributed by atoms with Gasteiger partial charge in [-0.3, -0.25) is 0 Å². The fourth-order valence-electron chi connectivity index (χ4n) is 2.76. The topological polar surface area (TPSA) is 84.8 Å². The smallest absolute Gasteiger partial charge is 0.344 e. The molecule has 2 aromatic carbocycles. The molecule has 1 N–H and O–H groups in total. The number of hydrogen-bond acceptors (Lipinski definition) is 6. The van der Waals surface area contributed by atoms with Gasteiger partial charge in [-0.15, -0.1) is 0 Å². The summed E-state index contributed by atoms with van der Waals surface area (Å²) in [5.41, 5.74) is 1.64. The number of benzene rings is 2. The van der Waals surface area contributed by atoms with Gasteiger partial charge in [0.25, 0.3) is 0 Å². The molecule has 0 spiro atoms. The van der Waals surface area contributed by atoms with E-state index in [9.17, 15) is 4.79 Å². The normalized spacial score (nSPS) is 11.9. The Morgan fingerprint density at radius 3 is 2.59 bits per heavy atom. The van der Waals surface area contributed by atoms with Gasteiger partial charge in [0.05, 0.1) is 12.6 Å². The number of rotatable bonds is 6. The van der Waals surface area contributed by atoms with E-state index in [1.54, 1.807) is 12.1 Å². The molecule has 0 saturated heterocycles. The fourth-order valence-corrected chi connectivity index (χ4v) is 2.76. The SMILES string of the molecule is COc1ccc(N(C)c2nc(C)nc3ccccc23)cc1OC(C)C(=O)O. The van der Waals surface area contributed by atoms with Crippen molar-refractivity contribution in [2.75, 3.05) is 19.1 Å². The molecule has 0 aliphatic carbocycles. The summed E-state index contributed by atoms with van der Waals surface area (Å²) < 4.78 is 10.8. The molecule has 0 radical (unpaired) electrons. The van der Waals surface area contributed by atoms with E-state index in [-0.39, 0.29) is 0 Å². The van der Waals surface area contributed by atoms with Crippen molar-refractivity contribution in [3.63, 3.8) is 0 Å². The Bertz CT molecular complexity index is 990.